The molecule has 8 heteroatoms. The number of benzene rings is 2. The largest absolute Gasteiger partial charge is 0.286 e. The summed E-state index contributed by atoms with van der Waals surface area (Å²) in [5.41, 5.74) is 2.38. The van der Waals surface area contributed by atoms with Crippen LogP contribution in [-0.4, -0.2) is 22.8 Å². The molecule has 0 N–H and O–H groups in total. The number of fused-ring (bicyclic) bond motifs is 1. The van der Waals surface area contributed by atoms with E-state index in [1.165, 1.54) is 12.1 Å². The van der Waals surface area contributed by atoms with Crippen molar-refractivity contribution in [3.63, 3.8) is 0 Å². The van der Waals surface area contributed by atoms with Gasteiger partial charge in [0.05, 0.1) is 5.02 Å². The Morgan fingerprint density at radius 3 is 2.55 bits per heavy atom. The standard InChI is InChI=1S/C14H11Cl2N3O2S/c1-8-3-5-12-11(7-8)17-18-19(12)22(20,21)13-6-4-10(15)9(2)14(13)16/h3-7H,1-2H3. The van der Waals surface area contributed by atoms with Crippen molar-refractivity contribution in [2.24, 2.45) is 0 Å². The van der Waals surface area contributed by atoms with Crippen LogP contribution in [0.2, 0.25) is 10.0 Å². The summed E-state index contributed by atoms with van der Waals surface area (Å²) in [4.78, 5) is -0.0524. The first-order valence-corrected chi connectivity index (χ1v) is 8.54. The van der Waals surface area contributed by atoms with Gasteiger partial charge in [-0.2, -0.15) is 8.42 Å². The number of rotatable bonds is 2. The van der Waals surface area contributed by atoms with E-state index >= 15 is 0 Å². The fourth-order valence-corrected chi connectivity index (χ4v) is 4.13. The van der Waals surface area contributed by atoms with E-state index in [0.717, 1.165) is 9.65 Å². The van der Waals surface area contributed by atoms with Gasteiger partial charge >= 0.3 is 0 Å². The maximum Gasteiger partial charge on any atom is 0.286 e. The lowest BCUT2D eigenvalue weighted by Gasteiger charge is -2.09. The van der Waals surface area contributed by atoms with Crippen molar-refractivity contribution in [3.05, 3.63) is 51.5 Å². The van der Waals surface area contributed by atoms with Gasteiger partial charge in [0.2, 0.25) is 0 Å². The Morgan fingerprint density at radius 2 is 1.82 bits per heavy atom. The summed E-state index contributed by atoms with van der Waals surface area (Å²) in [6, 6.07) is 8.10. The minimum atomic E-state index is -3.95. The van der Waals surface area contributed by atoms with Gasteiger partial charge < -0.3 is 0 Å². The highest BCUT2D eigenvalue weighted by Crippen LogP contribution is 2.32. The first kappa shape index (κ1) is 15.3. The van der Waals surface area contributed by atoms with Crippen LogP contribution in [0, 0.1) is 13.8 Å². The topological polar surface area (TPSA) is 64.8 Å². The molecule has 0 aliphatic carbocycles. The van der Waals surface area contributed by atoms with E-state index in [1.54, 1.807) is 25.1 Å². The first-order valence-electron chi connectivity index (χ1n) is 6.34. The lowest BCUT2D eigenvalue weighted by Crippen LogP contribution is -2.15. The Balaban J connectivity index is 2.27. The zero-order valence-electron chi connectivity index (χ0n) is 11.7. The smallest absolute Gasteiger partial charge is 0.199 e. The molecule has 114 valence electrons. The molecule has 0 aliphatic heterocycles. The Bertz CT molecular complexity index is 997. The number of hydrogen-bond acceptors (Lipinski definition) is 4. The summed E-state index contributed by atoms with van der Waals surface area (Å²) in [6.45, 7) is 3.55. The van der Waals surface area contributed by atoms with Crippen LogP contribution in [0.1, 0.15) is 11.1 Å². The average molecular weight is 356 g/mol. The molecule has 5 nitrogen and oxygen atoms in total. The number of halogens is 2. The fourth-order valence-electron chi connectivity index (χ4n) is 2.12. The van der Waals surface area contributed by atoms with Crippen LogP contribution in [-0.2, 0) is 10.0 Å². The lowest BCUT2D eigenvalue weighted by molar-refractivity contribution is 0.579. The third kappa shape index (κ3) is 2.27. The van der Waals surface area contributed by atoms with Crippen molar-refractivity contribution in [2.75, 3.05) is 0 Å². The molecule has 3 rings (SSSR count). The maximum atomic E-state index is 12.8. The number of aryl methyl sites for hydroxylation is 1. The molecule has 2 aromatic carbocycles. The van der Waals surface area contributed by atoms with Crippen molar-refractivity contribution in [1.82, 2.24) is 14.4 Å². The van der Waals surface area contributed by atoms with E-state index < -0.39 is 10.0 Å². The highest BCUT2D eigenvalue weighted by atomic mass is 35.5. The summed E-state index contributed by atoms with van der Waals surface area (Å²) in [7, 11) is -3.95. The summed E-state index contributed by atoms with van der Waals surface area (Å²) in [5.74, 6) is 0. The Hall–Kier alpha value is -1.63. The van der Waals surface area contributed by atoms with Gasteiger partial charge in [-0.05, 0) is 49.2 Å². The van der Waals surface area contributed by atoms with Crippen molar-refractivity contribution in [1.29, 1.82) is 0 Å². The Labute approximate surface area is 137 Å². The molecule has 0 bridgehead atoms. The van der Waals surface area contributed by atoms with Gasteiger partial charge in [0.25, 0.3) is 10.0 Å². The number of aromatic nitrogens is 3. The molecule has 3 aromatic rings. The van der Waals surface area contributed by atoms with Crippen molar-refractivity contribution >= 4 is 44.3 Å². The molecular formula is C14H11Cl2N3O2S. The Kier molecular flexibility index (Phi) is 3.63. The van der Waals surface area contributed by atoms with E-state index in [9.17, 15) is 8.42 Å². The van der Waals surface area contributed by atoms with Gasteiger partial charge in [-0.1, -0.05) is 34.5 Å². The monoisotopic (exact) mass is 355 g/mol. The van der Waals surface area contributed by atoms with Gasteiger partial charge in [0.1, 0.15) is 15.9 Å². The van der Waals surface area contributed by atoms with Crippen LogP contribution in [0.4, 0.5) is 0 Å². The SMILES string of the molecule is Cc1ccc2c(c1)nnn2S(=O)(=O)c1ccc(Cl)c(C)c1Cl. The number of hydrogen-bond donors (Lipinski definition) is 0. The van der Waals surface area contributed by atoms with Crippen LogP contribution in [0.25, 0.3) is 11.0 Å². The second-order valence-electron chi connectivity index (χ2n) is 4.91. The second-order valence-corrected chi connectivity index (χ2v) is 7.44. The molecule has 0 saturated carbocycles. The molecule has 0 spiro atoms. The highest BCUT2D eigenvalue weighted by Gasteiger charge is 2.25. The van der Waals surface area contributed by atoms with E-state index in [0.29, 0.717) is 21.6 Å². The second kappa shape index (κ2) is 5.22. The Morgan fingerprint density at radius 1 is 1.09 bits per heavy atom. The molecule has 1 aromatic heterocycles. The predicted octanol–water partition coefficient (Wildman–Crippen LogP) is 3.59. The average Bonchev–Trinajstić information content (AvgIpc) is 2.88. The minimum Gasteiger partial charge on any atom is -0.199 e. The lowest BCUT2D eigenvalue weighted by atomic mass is 10.2. The molecule has 0 atom stereocenters. The molecule has 0 unspecified atom stereocenters. The van der Waals surface area contributed by atoms with E-state index in [-0.39, 0.29) is 9.92 Å². The summed E-state index contributed by atoms with van der Waals surface area (Å²) >= 11 is 12.1. The summed E-state index contributed by atoms with van der Waals surface area (Å²) in [6.07, 6.45) is 0. The first-order chi connectivity index (χ1) is 10.3. The molecular weight excluding hydrogens is 345 g/mol. The third-order valence-electron chi connectivity index (χ3n) is 3.36. The van der Waals surface area contributed by atoms with Gasteiger partial charge in [0.15, 0.2) is 0 Å². The molecule has 0 amide bonds. The predicted molar refractivity (Wildman–Crippen MR) is 86.0 cm³/mol. The molecule has 22 heavy (non-hydrogen) atoms. The minimum absolute atomic E-state index is 0.0524. The van der Waals surface area contributed by atoms with Crippen LogP contribution in [0.5, 0.6) is 0 Å². The van der Waals surface area contributed by atoms with Crippen molar-refractivity contribution < 1.29 is 8.42 Å². The van der Waals surface area contributed by atoms with E-state index in [2.05, 4.69) is 10.3 Å². The van der Waals surface area contributed by atoms with Gasteiger partial charge in [0, 0.05) is 5.02 Å². The fraction of sp³-hybridized carbons (Fsp3) is 0.143. The van der Waals surface area contributed by atoms with Gasteiger partial charge in [-0.15, -0.1) is 9.19 Å². The summed E-state index contributed by atoms with van der Waals surface area (Å²) < 4.78 is 26.5. The van der Waals surface area contributed by atoms with E-state index in [1.807, 2.05) is 6.92 Å². The van der Waals surface area contributed by atoms with Crippen molar-refractivity contribution in [2.45, 2.75) is 18.7 Å². The molecule has 0 aliphatic rings. The maximum absolute atomic E-state index is 12.8. The highest BCUT2D eigenvalue weighted by molar-refractivity contribution is 7.90. The molecule has 0 radical (unpaired) electrons. The number of nitrogens with zero attached hydrogens (tertiary/aromatic N) is 3. The zero-order chi connectivity index (χ0) is 16.1. The molecule has 0 fully saturated rings. The van der Waals surface area contributed by atoms with Crippen LogP contribution in [0.15, 0.2) is 35.2 Å². The van der Waals surface area contributed by atoms with Crippen LogP contribution in [0.3, 0.4) is 0 Å². The van der Waals surface area contributed by atoms with Crippen LogP contribution < -0.4 is 0 Å². The normalized spacial score (nSPS) is 12.0. The van der Waals surface area contributed by atoms with Crippen molar-refractivity contribution in [3.8, 4) is 0 Å². The zero-order valence-corrected chi connectivity index (χ0v) is 14.0. The van der Waals surface area contributed by atoms with Gasteiger partial charge in [-0.3, -0.25) is 0 Å². The summed E-state index contributed by atoms with van der Waals surface area (Å²) in [5, 5.41) is 8.16. The molecule has 0 saturated heterocycles. The van der Waals surface area contributed by atoms with Gasteiger partial charge in [-0.25, -0.2) is 0 Å². The van der Waals surface area contributed by atoms with Crippen LogP contribution >= 0.6 is 23.2 Å². The quantitative estimate of drug-likeness (QED) is 0.704. The third-order valence-corrected chi connectivity index (χ3v) is 5.99. The van der Waals surface area contributed by atoms with E-state index in [4.69, 9.17) is 23.2 Å². The molecule has 1 heterocycles.